The lowest BCUT2D eigenvalue weighted by Crippen LogP contribution is -2.18. The van der Waals surface area contributed by atoms with E-state index in [0.717, 1.165) is 0 Å². The van der Waals surface area contributed by atoms with Crippen molar-refractivity contribution in [3.05, 3.63) is 0 Å². The molecule has 0 spiro atoms. The van der Waals surface area contributed by atoms with Crippen LogP contribution in [0.2, 0.25) is 0 Å². The summed E-state index contributed by atoms with van der Waals surface area (Å²) in [4.78, 5) is 19.4. The van der Waals surface area contributed by atoms with Gasteiger partial charge >= 0.3 is 0 Å². The van der Waals surface area contributed by atoms with Crippen molar-refractivity contribution in [2.45, 2.75) is 0 Å². The van der Waals surface area contributed by atoms with Crippen LogP contribution < -0.4 is 9.80 Å². The lowest BCUT2D eigenvalue weighted by molar-refractivity contribution is 0.914. The number of nitrogens with one attached hydrogen (secondary N) is 1. The van der Waals surface area contributed by atoms with Gasteiger partial charge in [-0.3, -0.25) is 0 Å². The van der Waals surface area contributed by atoms with Gasteiger partial charge in [-0.05, 0) is 0 Å². The molecule has 0 aromatic carbocycles. The maximum absolute atomic E-state index is 6.75. The molecule has 0 aliphatic rings. The Balaban J connectivity index is 3.25. The van der Waals surface area contributed by atoms with Crippen molar-refractivity contribution in [1.29, 1.82) is 5.41 Å². The van der Waals surface area contributed by atoms with Crippen molar-refractivity contribution in [3.8, 4) is 0 Å². The van der Waals surface area contributed by atoms with Crippen molar-refractivity contribution in [1.82, 2.24) is 15.0 Å². The molecule has 1 rings (SSSR count). The fraction of sp³-hybridized carbons (Fsp3) is 0.500. The van der Waals surface area contributed by atoms with Crippen molar-refractivity contribution >= 4 is 23.9 Å². The maximum atomic E-state index is 6.75. The number of rotatable bonds is 3. The summed E-state index contributed by atoms with van der Waals surface area (Å²) in [5.74, 6) is 1.19. The highest BCUT2D eigenvalue weighted by Crippen LogP contribution is 2.14. The van der Waals surface area contributed by atoms with Gasteiger partial charge in [0.25, 0.3) is 5.95 Å². The van der Waals surface area contributed by atoms with E-state index in [1.54, 1.807) is 9.80 Å². The summed E-state index contributed by atoms with van der Waals surface area (Å²) < 4.78 is 0. The van der Waals surface area contributed by atoms with Gasteiger partial charge in [-0.2, -0.15) is 15.0 Å². The molecule has 80 valence electrons. The molecular weight excluding hydrogens is 194 g/mol. The topological polar surface area (TPSA) is 81.4 Å². The van der Waals surface area contributed by atoms with E-state index >= 15 is 0 Å². The molecule has 0 bridgehead atoms. The molecule has 1 heterocycles. The second kappa shape index (κ2) is 4.47. The van der Waals surface area contributed by atoms with E-state index in [0.29, 0.717) is 11.9 Å². The normalized spacial score (nSPS) is 9.33. The smallest absolute Gasteiger partial charge is 0.265 e. The Bertz CT molecular complexity index is 366. The highest BCUT2D eigenvalue weighted by Gasteiger charge is 2.08. The van der Waals surface area contributed by atoms with E-state index in [9.17, 15) is 0 Å². The molecule has 0 saturated heterocycles. The van der Waals surface area contributed by atoms with Crippen molar-refractivity contribution in [3.63, 3.8) is 0 Å². The second-order valence-electron chi connectivity index (χ2n) is 3.25. The monoisotopic (exact) mass is 207 g/mol. The molecule has 0 radical (unpaired) electrons. The molecule has 0 fully saturated rings. The number of aromatic nitrogens is 3. The molecule has 1 N–H and O–H groups in total. The van der Waals surface area contributed by atoms with E-state index < -0.39 is 0 Å². The second-order valence-corrected chi connectivity index (χ2v) is 3.25. The Kier molecular flexibility index (Phi) is 3.30. The Morgan fingerprint density at radius 2 is 1.47 bits per heavy atom. The molecule has 0 aliphatic heterocycles. The standard InChI is InChI=1S/C8H13N7/c1-14(2)7-11-6(10-5-9)12-8(13-7)15(3)4/h9H,1-4H3. The fourth-order valence-corrected chi connectivity index (χ4v) is 0.843. The zero-order chi connectivity index (χ0) is 11.4. The van der Waals surface area contributed by atoms with Gasteiger partial charge in [-0.1, -0.05) is 0 Å². The Morgan fingerprint density at radius 1 is 1.00 bits per heavy atom. The average molecular weight is 207 g/mol. The zero-order valence-corrected chi connectivity index (χ0v) is 9.18. The number of anilines is 2. The minimum atomic E-state index is 0.187. The van der Waals surface area contributed by atoms with Gasteiger partial charge in [0.2, 0.25) is 11.9 Å². The molecule has 0 aliphatic carbocycles. The Hall–Kier alpha value is -2.01. The molecule has 0 amide bonds. The van der Waals surface area contributed by atoms with Crippen LogP contribution in [0.4, 0.5) is 17.8 Å². The van der Waals surface area contributed by atoms with Crippen LogP contribution in [-0.4, -0.2) is 49.2 Å². The van der Waals surface area contributed by atoms with Crippen LogP contribution in [0.25, 0.3) is 0 Å². The summed E-state index contributed by atoms with van der Waals surface area (Å²) in [6.45, 7) is 0. The lowest BCUT2D eigenvalue weighted by Gasteiger charge is -2.14. The summed E-state index contributed by atoms with van der Waals surface area (Å²) in [5.41, 5.74) is 0. The Morgan fingerprint density at radius 3 is 1.80 bits per heavy atom. The van der Waals surface area contributed by atoms with Crippen LogP contribution in [0.5, 0.6) is 0 Å². The Labute approximate surface area is 88.0 Å². The fourth-order valence-electron chi connectivity index (χ4n) is 0.843. The van der Waals surface area contributed by atoms with E-state index in [4.69, 9.17) is 5.41 Å². The van der Waals surface area contributed by atoms with Crippen LogP contribution in [0, 0.1) is 5.41 Å². The SMILES string of the molecule is CN(C)c1nc(N=C=N)nc(N(C)C)n1. The lowest BCUT2D eigenvalue weighted by atomic mass is 10.7. The van der Waals surface area contributed by atoms with Crippen molar-refractivity contribution < 1.29 is 0 Å². The van der Waals surface area contributed by atoms with Gasteiger partial charge in [0.05, 0.1) is 6.01 Å². The summed E-state index contributed by atoms with van der Waals surface area (Å²) >= 11 is 0. The largest absolute Gasteiger partial charge is 0.347 e. The highest BCUT2D eigenvalue weighted by molar-refractivity contribution is 5.47. The van der Waals surface area contributed by atoms with Gasteiger partial charge in [0, 0.05) is 28.2 Å². The van der Waals surface area contributed by atoms with Gasteiger partial charge in [0.15, 0.2) is 0 Å². The van der Waals surface area contributed by atoms with E-state index in [1.165, 1.54) is 0 Å². The molecule has 15 heavy (non-hydrogen) atoms. The number of hydrogen-bond donors (Lipinski definition) is 1. The zero-order valence-electron chi connectivity index (χ0n) is 9.18. The van der Waals surface area contributed by atoms with E-state index in [2.05, 4.69) is 19.9 Å². The van der Waals surface area contributed by atoms with E-state index in [1.807, 2.05) is 34.2 Å². The molecular formula is C8H13N7. The van der Waals surface area contributed by atoms with Gasteiger partial charge < -0.3 is 9.80 Å². The number of hydrogen-bond acceptors (Lipinski definition) is 7. The summed E-state index contributed by atoms with van der Waals surface area (Å²) in [7, 11) is 7.30. The maximum Gasteiger partial charge on any atom is 0.265 e. The molecule has 1 aromatic rings. The van der Waals surface area contributed by atoms with E-state index in [-0.39, 0.29) is 5.95 Å². The first-order valence-corrected chi connectivity index (χ1v) is 4.27. The minimum absolute atomic E-state index is 0.187. The van der Waals surface area contributed by atoms with Crippen LogP contribution in [0.3, 0.4) is 0 Å². The van der Waals surface area contributed by atoms with Crippen molar-refractivity contribution in [2.24, 2.45) is 4.99 Å². The first-order chi connectivity index (χ1) is 7.04. The average Bonchev–Trinajstić information content (AvgIpc) is 2.17. The minimum Gasteiger partial charge on any atom is -0.347 e. The van der Waals surface area contributed by atoms with Crippen LogP contribution >= 0.6 is 0 Å². The molecule has 0 unspecified atom stereocenters. The summed E-state index contributed by atoms with van der Waals surface area (Å²) in [5, 5.41) is 6.75. The third kappa shape index (κ3) is 2.72. The molecule has 7 nitrogen and oxygen atoms in total. The predicted octanol–water partition coefficient (Wildman–Crippen LogP) is 0.388. The third-order valence-corrected chi connectivity index (χ3v) is 1.56. The van der Waals surface area contributed by atoms with Crippen LogP contribution in [0.1, 0.15) is 0 Å². The summed E-state index contributed by atoms with van der Waals surface area (Å²) in [6, 6.07) is 1.90. The van der Waals surface area contributed by atoms with Gasteiger partial charge in [-0.25, -0.2) is 5.41 Å². The molecule has 0 saturated carbocycles. The molecule has 0 atom stereocenters. The third-order valence-electron chi connectivity index (χ3n) is 1.56. The first-order valence-electron chi connectivity index (χ1n) is 4.27. The number of aliphatic imine (C=N–C) groups is 1. The number of nitrogens with zero attached hydrogens (tertiary/aromatic N) is 6. The summed E-state index contributed by atoms with van der Waals surface area (Å²) in [6.07, 6.45) is 0. The quantitative estimate of drug-likeness (QED) is 0.725. The van der Waals surface area contributed by atoms with Crippen LogP contribution in [-0.2, 0) is 0 Å². The van der Waals surface area contributed by atoms with Crippen LogP contribution in [0.15, 0.2) is 4.99 Å². The van der Waals surface area contributed by atoms with Gasteiger partial charge in [-0.15, -0.1) is 4.99 Å². The highest BCUT2D eigenvalue weighted by atomic mass is 15.3. The van der Waals surface area contributed by atoms with Crippen molar-refractivity contribution in [2.75, 3.05) is 38.0 Å². The molecule has 1 aromatic heterocycles. The first kappa shape index (κ1) is 11.1. The molecule has 7 heteroatoms. The van der Waals surface area contributed by atoms with Gasteiger partial charge in [0.1, 0.15) is 0 Å². The predicted molar refractivity (Wildman–Crippen MR) is 58.3 cm³/mol.